The van der Waals surface area contributed by atoms with E-state index in [1.54, 1.807) is 31.2 Å². The Bertz CT molecular complexity index is 1060. The number of aryl methyl sites for hydroxylation is 1. The summed E-state index contributed by atoms with van der Waals surface area (Å²) in [6.45, 7) is 1.77. The molecule has 0 aliphatic rings. The van der Waals surface area contributed by atoms with Gasteiger partial charge >= 0.3 is 5.97 Å². The monoisotopic (exact) mass is 369 g/mol. The molecule has 0 saturated heterocycles. The average molecular weight is 369 g/mol. The maximum atomic E-state index is 12.5. The van der Waals surface area contributed by atoms with Crippen LogP contribution < -0.4 is 4.72 Å². The van der Waals surface area contributed by atoms with Crippen LogP contribution in [0.15, 0.2) is 66.0 Å². The summed E-state index contributed by atoms with van der Waals surface area (Å²) in [6.07, 6.45) is 4.30. The summed E-state index contributed by atoms with van der Waals surface area (Å²) in [5.41, 5.74) is 2.45. The lowest BCUT2D eigenvalue weighted by Gasteiger charge is -2.09. The summed E-state index contributed by atoms with van der Waals surface area (Å²) in [5, 5.41) is 9.03. The second kappa shape index (κ2) is 6.93. The van der Waals surface area contributed by atoms with Crippen LogP contribution in [-0.4, -0.2) is 29.5 Å². The number of aromatic carboxylic acids is 1. The highest BCUT2D eigenvalue weighted by molar-refractivity contribution is 7.92. The molecule has 0 atom stereocenters. The Kier molecular flexibility index (Phi) is 4.68. The molecular formula is C18H15N3O4S. The van der Waals surface area contributed by atoms with E-state index in [4.69, 9.17) is 5.11 Å². The molecule has 0 aliphatic carbocycles. The standard InChI is InChI=1S/C18H15N3O4S/c1-12-8-16(6-7-20-12)21-26(24,25)17-4-2-13(3-5-17)14-9-15(18(22)23)11-19-10-14/h2-11H,1H3,(H,20,21)(H,22,23). The number of benzene rings is 1. The number of hydrogen-bond acceptors (Lipinski definition) is 5. The van der Waals surface area contributed by atoms with Gasteiger partial charge in [0.05, 0.1) is 16.1 Å². The van der Waals surface area contributed by atoms with E-state index in [9.17, 15) is 13.2 Å². The average Bonchev–Trinajstić information content (AvgIpc) is 2.61. The third kappa shape index (κ3) is 3.86. The number of hydrogen-bond donors (Lipinski definition) is 2. The van der Waals surface area contributed by atoms with Crippen LogP contribution in [0.2, 0.25) is 0 Å². The second-order valence-corrected chi connectivity index (χ2v) is 7.27. The molecule has 0 unspecified atom stereocenters. The highest BCUT2D eigenvalue weighted by Crippen LogP contribution is 2.23. The molecule has 26 heavy (non-hydrogen) atoms. The van der Waals surface area contributed by atoms with Crippen LogP contribution >= 0.6 is 0 Å². The van der Waals surface area contributed by atoms with Crippen molar-refractivity contribution in [3.63, 3.8) is 0 Å². The molecule has 7 nitrogen and oxygen atoms in total. The minimum Gasteiger partial charge on any atom is -0.478 e. The van der Waals surface area contributed by atoms with Crippen LogP contribution in [0.3, 0.4) is 0 Å². The van der Waals surface area contributed by atoms with Gasteiger partial charge in [0.1, 0.15) is 0 Å². The maximum Gasteiger partial charge on any atom is 0.337 e. The van der Waals surface area contributed by atoms with Gasteiger partial charge in [0.2, 0.25) is 0 Å². The Labute approximate surface area is 150 Å². The Morgan fingerprint density at radius 3 is 2.42 bits per heavy atom. The number of aromatic nitrogens is 2. The first-order valence-corrected chi connectivity index (χ1v) is 9.08. The van der Waals surface area contributed by atoms with Gasteiger partial charge in [0.15, 0.2) is 0 Å². The predicted octanol–water partition coefficient (Wildman–Crippen LogP) is 2.95. The third-order valence-corrected chi connectivity index (χ3v) is 5.03. The molecule has 0 saturated carbocycles. The summed E-state index contributed by atoms with van der Waals surface area (Å²) in [7, 11) is -3.74. The van der Waals surface area contributed by atoms with E-state index in [-0.39, 0.29) is 10.5 Å². The fraction of sp³-hybridized carbons (Fsp3) is 0.0556. The largest absolute Gasteiger partial charge is 0.478 e. The van der Waals surface area contributed by atoms with Gasteiger partial charge in [-0.3, -0.25) is 14.7 Å². The van der Waals surface area contributed by atoms with Crippen molar-refractivity contribution in [3.05, 3.63) is 72.3 Å². The first-order valence-electron chi connectivity index (χ1n) is 7.59. The van der Waals surface area contributed by atoms with Crippen LogP contribution in [0.1, 0.15) is 16.1 Å². The molecule has 0 amide bonds. The summed E-state index contributed by atoms with van der Waals surface area (Å²) in [5.74, 6) is -1.07. The zero-order valence-corrected chi connectivity index (χ0v) is 14.6. The molecule has 132 valence electrons. The first kappa shape index (κ1) is 17.6. The van der Waals surface area contributed by atoms with Crippen LogP contribution in [0.25, 0.3) is 11.1 Å². The van der Waals surface area contributed by atoms with Crippen molar-refractivity contribution >= 4 is 21.7 Å². The number of sulfonamides is 1. The van der Waals surface area contributed by atoms with Crippen LogP contribution in [0, 0.1) is 6.92 Å². The lowest BCUT2D eigenvalue weighted by atomic mass is 10.1. The Balaban J connectivity index is 1.87. The van der Waals surface area contributed by atoms with E-state index in [0.717, 1.165) is 0 Å². The highest BCUT2D eigenvalue weighted by atomic mass is 32.2. The molecule has 0 radical (unpaired) electrons. The number of carbonyl (C=O) groups is 1. The molecule has 3 aromatic rings. The minimum absolute atomic E-state index is 0.0638. The van der Waals surface area contributed by atoms with Crippen molar-refractivity contribution in [2.24, 2.45) is 0 Å². The van der Waals surface area contributed by atoms with Gasteiger partial charge < -0.3 is 5.11 Å². The molecule has 0 fully saturated rings. The molecule has 0 bridgehead atoms. The molecule has 2 N–H and O–H groups in total. The Hall–Kier alpha value is -3.26. The van der Waals surface area contributed by atoms with Gasteiger partial charge in [-0.15, -0.1) is 0 Å². The van der Waals surface area contributed by atoms with Crippen molar-refractivity contribution in [2.75, 3.05) is 4.72 Å². The van der Waals surface area contributed by atoms with Crippen molar-refractivity contribution in [1.29, 1.82) is 0 Å². The Morgan fingerprint density at radius 1 is 1.04 bits per heavy atom. The van der Waals surface area contributed by atoms with E-state index in [2.05, 4.69) is 14.7 Å². The maximum absolute atomic E-state index is 12.5. The number of carboxylic acids is 1. The predicted molar refractivity (Wildman–Crippen MR) is 96.4 cm³/mol. The molecular weight excluding hydrogens is 354 g/mol. The summed E-state index contributed by atoms with van der Waals surface area (Å²) in [4.78, 5) is 19.1. The van der Waals surface area contributed by atoms with Gasteiger partial charge in [-0.2, -0.15) is 0 Å². The fourth-order valence-electron chi connectivity index (χ4n) is 2.36. The summed E-state index contributed by atoms with van der Waals surface area (Å²) < 4.78 is 27.5. The van der Waals surface area contributed by atoms with E-state index in [1.165, 1.54) is 36.8 Å². The van der Waals surface area contributed by atoms with Crippen LogP contribution in [0.5, 0.6) is 0 Å². The van der Waals surface area contributed by atoms with E-state index < -0.39 is 16.0 Å². The van der Waals surface area contributed by atoms with Crippen molar-refractivity contribution in [1.82, 2.24) is 9.97 Å². The SMILES string of the molecule is Cc1cc(NS(=O)(=O)c2ccc(-c3cncc(C(=O)O)c3)cc2)ccn1. The summed E-state index contributed by atoms with van der Waals surface area (Å²) >= 11 is 0. The van der Waals surface area contributed by atoms with Crippen molar-refractivity contribution in [3.8, 4) is 11.1 Å². The third-order valence-electron chi connectivity index (χ3n) is 3.63. The number of anilines is 1. The van der Waals surface area contributed by atoms with Gasteiger partial charge in [-0.25, -0.2) is 13.2 Å². The molecule has 2 heterocycles. The summed E-state index contributed by atoms with van der Waals surface area (Å²) in [6, 6.07) is 10.8. The van der Waals surface area contributed by atoms with Gasteiger partial charge in [0.25, 0.3) is 10.0 Å². The van der Waals surface area contributed by atoms with E-state index in [0.29, 0.717) is 22.5 Å². The molecule has 0 aliphatic heterocycles. The van der Waals surface area contributed by atoms with Gasteiger partial charge in [-0.05, 0) is 42.8 Å². The first-order chi connectivity index (χ1) is 12.3. The molecule has 8 heteroatoms. The number of pyridine rings is 2. The Morgan fingerprint density at radius 2 is 1.77 bits per heavy atom. The molecule has 0 spiro atoms. The van der Waals surface area contributed by atoms with Crippen molar-refractivity contribution < 1.29 is 18.3 Å². The molecule has 3 rings (SSSR count). The quantitative estimate of drug-likeness (QED) is 0.716. The topological polar surface area (TPSA) is 109 Å². The molecule has 2 aromatic heterocycles. The van der Waals surface area contributed by atoms with Crippen molar-refractivity contribution in [2.45, 2.75) is 11.8 Å². The van der Waals surface area contributed by atoms with E-state index >= 15 is 0 Å². The highest BCUT2D eigenvalue weighted by Gasteiger charge is 2.15. The lowest BCUT2D eigenvalue weighted by Crippen LogP contribution is -2.13. The van der Waals surface area contributed by atoms with E-state index in [1.807, 2.05) is 0 Å². The lowest BCUT2D eigenvalue weighted by molar-refractivity contribution is 0.0696. The molecule has 1 aromatic carbocycles. The number of nitrogens with zero attached hydrogens (tertiary/aromatic N) is 2. The normalized spacial score (nSPS) is 11.1. The number of carboxylic acid groups (broad SMARTS) is 1. The number of nitrogens with one attached hydrogen (secondary N) is 1. The zero-order valence-electron chi connectivity index (χ0n) is 13.7. The zero-order chi connectivity index (χ0) is 18.7. The smallest absolute Gasteiger partial charge is 0.337 e. The number of rotatable bonds is 5. The van der Waals surface area contributed by atoms with Crippen LogP contribution in [-0.2, 0) is 10.0 Å². The second-order valence-electron chi connectivity index (χ2n) is 5.58. The van der Waals surface area contributed by atoms with Crippen LogP contribution in [0.4, 0.5) is 5.69 Å². The fourth-order valence-corrected chi connectivity index (χ4v) is 3.41. The van der Waals surface area contributed by atoms with Gasteiger partial charge in [-0.1, -0.05) is 12.1 Å². The van der Waals surface area contributed by atoms with Gasteiger partial charge in [0, 0.05) is 29.8 Å². The minimum atomic E-state index is -3.74.